The molecule has 2 aromatic carbocycles. The molecule has 5 rings (SSSR count). The summed E-state index contributed by atoms with van der Waals surface area (Å²) in [6.45, 7) is -0.256. The van der Waals surface area contributed by atoms with E-state index in [1.807, 2.05) is 49.5 Å². The zero-order chi connectivity index (χ0) is 24.4. The number of hydrogen-bond donors (Lipinski definition) is 1. The largest absolute Gasteiger partial charge is 0.508 e. The van der Waals surface area contributed by atoms with Crippen molar-refractivity contribution in [1.29, 1.82) is 0 Å². The molecular formula is C29H30N2O4. The molecule has 1 fully saturated rings. The Labute approximate surface area is 205 Å². The van der Waals surface area contributed by atoms with Crippen LogP contribution in [-0.2, 0) is 16.0 Å². The van der Waals surface area contributed by atoms with Gasteiger partial charge in [0.15, 0.2) is 6.61 Å². The summed E-state index contributed by atoms with van der Waals surface area (Å²) in [7, 11) is 1.81. The number of esters is 1. The molecule has 180 valence electrons. The highest BCUT2D eigenvalue weighted by molar-refractivity contribution is 6.07. The van der Waals surface area contributed by atoms with Gasteiger partial charge in [-0.1, -0.05) is 49.6 Å². The maximum atomic E-state index is 13.4. The molecule has 6 nitrogen and oxygen atoms in total. The van der Waals surface area contributed by atoms with Crippen LogP contribution in [0.25, 0.3) is 22.6 Å². The fourth-order valence-electron chi connectivity index (χ4n) is 5.26. The van der Waals surface area contributed by atoms with Gasteiger partial charge in [-0.05, 0) is 66.7 Å². The molecule has 0 spiro atoms. The van der Waals surface area contributed by atoms with Crippen LogP contribution < -0.4 is 0 Å². The van der Waals surface area contributed by atoms with Crippen LogP contribution in [0.4, 0.5) is 0 Å². The summed E-state index contributed by atoms with van der Waals surface area (Å²) < 4.78 is 5.60. The summed E-state index contributed by atoms with van der Waals surface area (Å²) in [5.41, 5.74) is 4.90. The third-order valence-electron chi connectivity index (χ3n) is 7.22. The fourth-order valence-corrected chi connectivity index (χ4v) is 5.26. The van der Waals surface area contributed by atoms with Gasteiger partial charge in [0.25, 0.3) is 5.91 Å². The molecule has 2 aliphatic carbocycles. The van der Waals surface area contributed by atoms with Crippen molar-refractivity contribution in [3.63, 3.8) is 0 Å². The van der Waals surface area contributed by atoms with Crippen molar-refractivity contribution in [2.75, 3.05) is 13.7 Å². The Balaban J connectivity index is 1.42. The third-order valence-corrected chi connectivity index (χ3v) is 7.22. The van der Waals surface area contributed by atoms with E-state index in [-0.39, 0.29) is 24.3 Å². The molecule has 1 amide bonds. The van der Waals surface area contributed by atoms with Crippen molar-refractivity contribution in [2.24, 2.45) is 0 Å². The molecule has 0 bridgehead atoms. The van der Waals surface area contributed by atoms with Crippen LogP contribution in [0.1, 0.15) is 65.7 Å². The first-order chi connectivity index (χ1) is 17.0. The average Bonchev–Trinajstić information content (AvgIpc) is 3.28. The minimum Gasteiger partial charge on any atom is -0.508 e. The summed E-state index contributed by atoms with van der Waals surface area (Å²) >= 11 is 0. The average molecular weight is 471 g/mol. The van der Waals surface area contributed by atoms with Crippen molar-refractivity contribution in [2.45, 2.75) is 51.0 Å². The Kier molecular flexibility index (Phi) is 6.53. The summed E-state index contributed by atoms with van der Waals surface area (Å²) in [5.74, 6) is -0.416. The number of nitrogens with zero attached hydrogens (tertiary/aromatic N) is 2. The number of aromatic nitrogens is 1. The SMILES string of the molecule is CN(C(=O)COC(=O)c1c2c(nc3ccccc13)C(=Cc1ccc(O)cc1)CC2)C1CCCCC1. The van der Waals surface area contributed by atoms with Crippen molar-refractivity contribution in [3.05, 3.63) is 70.9 Å². The standard InChI is InChI=1S/C29H30N2O4/c1-31(21-7-3-2-4-8-21)26(33)18-35-29(34)27-23-9-5-6-10-25(23)30-28-20(13-16-24(27)28)17-19-11-14-22(32)15-12-19/h5-6,9-12,14-15,17,21,32H,2-4,7-8,13,16,18H2,1H3. The highest BCUT2D eigenvalue weighted by Crippen LogP contribution is 2.38. The number of pyridine rings is 1. The highest BCUT2D eigenvalue weighted by Gasteiger charge is 2.29. The Hall–Kier alpha value is -3.67. The number of hydrogen-bond acceptors (Lipinski definition) is 5. The lowest BCUT2D eigenvalue weighted by Crippen LogP contribution is -2.40. The number of phenolic OH excluding ortho intramolecular Hbond substituents is 1. The van der Waals surface area contributed by atoms with Crippen LogP contribution in [0.5, 0.6) is 5.75 Å². The number of likely N-dealkylation sites (N-methyl/N-ethyl adjacent to an activating group) is 1. The Morgan fingerprint density at radius 1 is 1.06 bits per heavy atom. The van der Waals surface area contributed by atoms with E-state index in [0.29, 0.717) is 12.0 Å². The van der Waals surface area contributed by atoms with Gasteiger partial charge in [-0.25, -0.2) is 9.78 Å². The number of phenols is 1. The number of carbonyl (C=O) groups is 2. The number of para-hydroxylation sites is 1. The van der Waals surface area contributed by atoms with E-state index in [2.05, 4.69) is 0 Å². The molecule has 0 atom stereocenters. The van der Waals surface area contributed by atoms with Gasteiger partial charge in [-0.3, -0.25) is 4.79 Å². The van der Waals surface area contributed by atoms with Gasteiger partial charge < -0.3 is 14.7 Å². The van der Waals surface area contributed by atoms with Gasteiger partial charge in [-0.15, -0.1) is 0 Å². The van der Waals surface area contributed by atoms with Crippen molar-refractivity contribution in [3.8, 4) is 5.75 Å². The predicted molar refractivity (Wildman–Crippen MR) is 136 cm³/mol. The highest BCUT2D eigenvalue weighted by atomic mass is 16.5. The zero-order valence-corrected chi connectivity index (χ0v) is 20.0. The number of rotatable bonds is 5. The second-order valence-corrected chi connectivity index (χ2v) is 9.46. The fraction of sp³-hybridized carbons (Fsp3) is 0.345. The van der Waals surface area contributed by atoms with Crippen LogP contribution in [0.3, 0.4) is 0 Å². The number of fused-ring (bicyclic) bond motifs is 2. The van der Waals surface area contributed by atoms with E-state index >= 15 is 0 Å². The second-order valence-electron chi connectivity index (χ2n) is 9.46. The first-order valence-electron chi connectivity index (χ1n) is 12.4. The molecule has 35 heavy (non-hydrogen) atoms. The minimum atomic E-state index is -0.476. The maximum absolute atomic E-state index is 13.4. The van der Waals surface area contributed by atoms with Crippen molar-refractivity contribution in [1.82, 2.24) is 9.88 Å². The number of amides is 1. The van der Waals surface area contributed by atoms with Crippen LogP contribution in [0.2, 0.25) is 0 Å². The smallest absolute Gasteiger partial charge is 0.339 e. The number of ether oxygens (including phenoxy) is 1. The second kappa shape index (κ2) is 9.90. The molecule has 1 aromatic heterocycles. The molecule has 3 aromatic rings. The molecule has 0 unspecified atom stereocenters. The number of aromatic hydroxyl groups is 1. The van der Waals surface area contributed by atoms with E-state index < -0.39 is 5.97 Å². The van der Waals surface area contributed by atoms with E-state index in [1.165, 1.54) is 6.42 Å². The Bertz CT molecular complexity index is 1290. The molecule has 2 aliphatic rings. The number of carbonyl (C=O) groups excluding carboxylic acids is 2. The van der Waals surface area contributed by atoms with Gasteiger partial charge in [0.1, 0.15) is 5.75 Å². The molecule has 6 heteroatoms. The summed E-state index contributed by atoms with van der Waals surface area (Å²) in [6, 6.07) is 14.8. The molecule has 0 radical (unpaired) electrons. The molecule has 1 N–H and O–H groups in total. The molecule has 0 aliphatic heterocycles. The Morgan fingerprint density at radius 2 is 1.80 bits per heavy atom. The van der Waals surface area contributed by atoms with E-state index in [1.54, 1.807) is 17.0 Å². The first-order valence-corrected chi connectivity index (χ1v) is 12.4. The lowest BCUT2D eigenvalue weighted by Gasteiger charge is -2.31. The summed E-state index contributed by atoms with van der Waals surface area (Å²) in [5, 5.41) is 10.3. The van der Waals surface area contributed by atoms with Crippen LogP contribution in [-0.4, -0.2) is 46.6 Å². The third kappa shape index (κ3) is 4.78. The molecular weight excluding hydrogens is 440 g/mol. The van der Waals surface area contributed by atoms with Crippen molar-refractivity contribution >= 4 is 34.4 Å². The quantitative estimate of drug-likeness (QED) is 0.507. The lowest BCUT2D eigenvalue weighted by atomic mass is 9.94. The van der Waals surface area contributed by atoms with Gasteiger partial charge in [-0.2, -0.15) is 0 Å². The summed E-state index contributed by atoms with van der Waals surface area (Å²) in [6.07, 6.45) is 8.99. The van der Waals surface area contributed by atoms with Gasteiger partial charge in [0.05, 0.1) is 16.8 Å². The first kappa shape index (κ1) is 23.1. The maximum Gasteiger partial charge on any atom is 0.339 e. The van der Waals surface area contributed by atoms with Gasteiger partial charge >= 0.3 is 5.97 Å². The van der Waals surface area contributed by atoms with Gasteiger partial charge in [0, 0.05) is 18.5 Å². The van der Waals surface area contributed by atoms with Crippen molar-refractivity contribution < 1.29 is 19.4 Å². The van der Waals surface area contributed by atoms with Crippen LogP contribution in [0, 0.1) is 0 Å². The number of allylic oxidation sites excluding steroid dienone is 1. The van der Waals surface area contributed by atoms with E-state index in [4.69, 9.17) is 9.72 Å². The normalized spacial score (nSPS) is 16.9. The number of benzene rings is 2. The topological polar surface area (TPSA) is 79.7 Å². The molecule has 1 saturated carbocycles. The zero-order valence-electron chi connectivity index (χ0n) is 20.0. The van der Waals surface area contributed by atoms with E-state index in [0.717, 1.165) is 65.4 Å². The minimum absolute atomic E-state index is 0.159. The van der Waals surface area contributed by atoms with Crippen LogP contribution in [0.15, 0.2) is 48.5 Å². The molecule has 0 saturated heterocycles. The molecule has 1 heterocycles. The summed E-state index contributed by atoms with van der Waals surface area (Å²) in [4.78, 5) is 32.7. The predicted octanol–water partition coefficient (Wildman–Crippen LogP) is 5.38. The Morgan fingerprint density at radius 3 is 2.57 bits per heavy atom. The monoisotopic (exact) mass is 470 g/mol. The lowest BCUT2D eigenvalue weighted by molar-refractivity contribution is -0.135. The van der Waals surface area contributed by atoms with Crippen LogP contribution >= 0.6 is 0 Å². The van der Waals surface area contributed by atoms with E-state index in [9.17, 15) is 14.7 Å². The van der Waals surface area contributed by atoms with Gasteiger partial charge in [0.2, 0.25) is 0 Å².